The second kappa shape index (κ2) is 5.03. The van der Waals surface area contributed by atoms with Crippen LogP contribution in [0.1, 0.15) is 36.2 Å². The molecule has 1 aromatic rings. The highest BCUT2D eigenvalue weighted by atomic mass is 16.5. The van der Waals surface area contributed by atoms with Gasteiger partial charge in [-0.25, -0.2) is 4.98 Å². The van der Waals surface area contributed by atoms with Gasteiger partial charge in [-0.1, -0.05) is 19.3 Å². The zero-order valence-electron chi connectivity index (χ0n) is 9.69. The Morgan fingerprint density at radius 3 is 2.82 bits per heavy atom. The summed E-state index contributed by atoms with van der Waals surface area (Å²) in [5.41, 5.74) is 11.5. The largest absolute Gasteiger partial charge is 0.476 e. The smallest absolute Gasteiger partial charge is 0.267 e. The van der Waals surface area contributed by atoms with Crippen LogP contribution in [0.2, 0.25) is 0 Å². The summed E-state index contributed by atoms with van der Waals surface area (Å²) >= 11 is 0. The molecule has 0 aliphatic heterocycles. The predicted octanol–water partition coefficient (Wildman–Crippen LogP) is 1.33. The van der Waals surface area contributed by atoms with E-state index < -0.39 is 5.91 Å². The van der Waals surface area contributed by atoms with Gasteiger partial charge in [0.25, 0.3) is 5.91 Å². The molecule has 1 aromatic heterocycles. The van der Waals surface area contributed by atoms with Gasteiger partial charge in [0.05, 0.1) is 12.3 Å². The van der Waals surface area contributed by atoms with E-state index in [1.54, 1.807) is 6.07 Å². The number of rotatable bonds is 5. The molecular weight excluding hydrogens is 218 g/mol. The van der Waals surface area contributed by atoms with E-state index in [4.69, 9.17) is 16.2 Å². The van der Waals surface area contributed by atoms with Crippen LogP contribution >= 0.6 is 0 Å². The van der Waals surface area contributed by atoms with E-state index in [9.17, 15) is 4.79 Å². The number of primary amides is 1. The maximum atomic E-state index is 11.0. The zero-order chi connectivity index (χ0) is 12.3. The van der Waals surface area contributed by atoms with Crippen LogP contribution in [0.4, 0.5) is 5.69 Å². The number of carbonyl (C=O) groups is 1. The summed E-state index contributed by atoms with van der Waals surface area (Å²) < 4.78 is 5.49. The summed E-state index contributed by atoms with van der Waals surface area (Å²) in [6.45, 7) is 0.587. The molecule has 1 fully saturated rings. The van der Waals surface area contributed by atoms with Gasteiger partial charge < -0.3 is 16.2 Å². The SMILES string of the molecule is NC(=O)c1ccc(N)c(OCCC2CCC2)n1. The molecule has 0 radical (unpaired) electrons. The lowest BCUT2D eigenvalue weighted by molar-refractivity contribution is 0.0994. The van der Waals surface area contributed by atoms with Crippen LogP contribution in [-0.4, -0.2) is 17.5 Å². The lowest BCUT2D eigenvalue weighted by Gasteiger charge is -2.24. The Bertz CT molecular complexity index is 416. The fraction of sp³-hybridized carbons (Fsp3) is 0.500. The summed E-state index contributed by atoms with van der Waals surface area (Å²) in [6, 6.07) is 3.09. The monoisotopic (exact) mass is 235 g/mol. The van der Waals surface area contributed by atoms with Crippen molar-refractivity contribution in [1.82, 2.24) is 4.98 Å². The molecule has 1 heterocycles. The van der Waals surface area contributed by atoms with E-state index in [0.29, 0.717) is 18.2 Å². The quantitative estimate of drug-likeness (QED) is 0.805. The van der Waals surface area contributed by atoms with E-state index in [0.717, 1.165) is 12.3 Å². The summed E-state index contributed by atoms with van der Waals surface area (Å²) in [4.78, 5) is 15.0. The molecule has 2 rings (SSSR count). The van der Waals surface area contributed by atoms with Crippen molar-refractivity contribution in [3.8, 4) is 5.88 Å². The van der Waals surface area contributed by atoms with Gasteiger partial charge in [0.15, 0.2) is 0 Å². The molecule has 5 nitrogen and oxygen atoms in total. The third kappa shape index (κ3) is 2.87. The van der Waals surface area contributed by atoms with E-state index in [1.165, 1.54) is 25.3 Å². The van der Waals surface area contributed by atoms with Gasteiger partial charge in [-0.05, 0) is 24.5 Å². The predicted molar refractivity (Wildman–Crippen MR) is 64.6 cm³/mol. The topological polar surface area (TPSA) is 91.2 Å². The van der Waals surface area contributed by atoms with E-state index in [2.05, 4.69) is 4.98 Å². The molecule has 0 saturated heterocycles. The van der Waals surface area contributed by atoms with Gasteiger partial charge >= 0.3 is 0 Å². The summed E-state index contributed by atoms with van der Waals surface area (Å²) in [6.07, 6.45) is 4.91. The number of amides is 1. The molecule has 5 heteroatoms. The molecule has 0 bridgehead atoms. The Morgan fingerprint density at radius 2 is 2.24 bits per heavy atom. The number of nitrogen functional groups attached to an aromatic ring is 1. The number of anilines is 1. The van der Waals surface area contributed by atoms with Crippen LogP contribution in [0.3, 0.4) is 0 Å². The highest BCUT2D eigenvalue weighted by Crippen LogP contribution is 2.29. The highest BCUT2D eigenvalue weighted by molar-refractivity contribution is 5.91. The average molecular weight is 235 g/mol. The van der Waals surface area contributed by atoms with Crippen LogP contribution in [-0.2, 0) is 0 Å². The summed E-state index contributed by atoms with van der Waals surface area (Å²) in [5, 5.41) is 0. The van der Waals surface area contributed by atoms with Crippen molar-refractivity contribution in [2.24, 2.45) is 11.7 Å². The first kappa shape index (κ1) is 11.7. The van der Waals surface area contributed by atoms with E-state index in [-0.39, 0.29) is 5.69 Å². The lowest BCUT2D eigenvalue weighted by Crippen LogP contribution is -2.16. The van der Waals surface area contributed by atoms with Crippen molar-refractivity contribution in [3.05, 3.63) is 17.8 Å². The van der Waals surface area contributed by atoms with Gasteiger partial charge in [0, 0.05) is 0 Å². The minimum atomic E-state index is -0.575. The van der Waals surface area contributed by atoms with E-state index >= 15 is 0 Å². The molecule has 92 valence electrons. The van der Waals surface area contributed by atoms with Gasteiger partial charge in [0.1, 0.15) is 5.69 Å². The number of hydrogen-bond acceptors (Lipinski definition) is 4. The fourth-order valence-corrected chi connectivity index (χ4v) is 1.81. The van der Waals surface area contributed by atoms with Crippen LogP contribution in [0.15, 0.2) is 12.1 Å². The van der Waals surface area contributed by atoms with Crippen molar-refractivity contribution in [2.45, 2.75) is 25.7 Å². The highest BCUT2D eigenvalue weighted by Gasteiger charge is 2.17. The normalized spacial score (nSPS) is 15.3. The van der Waals surface area contributed by atoms with Gasteiger partial charge in [-0.15, -0.1) is 0 Å². The Balaban J connectivity index is 1.93. The van der Waals surface area contributed by atoms with Crippen LogP contribution in [0, 0.1) is 5.92 Å². The van der Waals surface area contributed by atoms with Crippen molar-refractivity contribution in [3.63, 3.8) is 0 Å². The first-order valence-corrected chi connectivity index (χ1v) is 5.86. The molecule has 1 amide bonds. The maximum absolute atomic E-state index is 11.0. The molecule has 17 heavy (non-hydrogen) atoms. The molecule has 1 aliphatic carbocycles. The van der Waals surface area contributed by atoms with Crippen molar-refractivity contribution in [2.75, 3.05) is 12.3 Å². The second-order valence-corrected chi connectivity index (χ2v) is 4.39. The Morgan fingerprint density at radius 1 is 1.47 bits per heavy atom. The van der Waals surface area contributed by atoms with Gasteiger partial charge in [-0.3, -0.25) is 4.79 Å². The van der Waals surface area contributed by atoms with Crippen molar-refractivity contribution in [1.29, 1.82) is 0 Å². The first-order valence-electron chi connectivity index (χ1n) is 5.86. The number of pyridine rings is 1. The third-order valence-corrected chi connectivity index (χ3v) is 3.13. The molecular formula is C12H17N3O2. The molecule has 0 unspecified atom stereocenters. The van der Waals surface area contributed by atoms with Gasteiger partial charge in [-0.2, -0.15) is 0 Å². The van der Waals surface area contributed by atoms with Crippen molar-refractivity contribution < 1.29 is 9.53 Å². The number of hydrogen-bond donors (Lipinski definition) is 2. The summed E-state index contributed by atoms with van der Waals surface area (Å²) in [5.74, 6) is 0.505. The Labute approximate surface area is 100 Å². The average Bonchev–Trinajstić information content (AvgIpc) is 2.23. The van der Waals surface area contributed by atoms with Crippen LogP contribution in [0.25, 0.3) is 0 Å². The molecule has 1 saturated carbocycles. The number of ether oxygens (including phenoxy) is 1. The first-order chi connectivity index (χ1) is 8.16. The lowest BCUT2D eigenvalue weighted by atomic mass is 9.83. The minimum absolute atomic E-state index is 0.179. The maximum Gasteiger partial charge on any atom is 0.267 e. The van der Waals surface area contributed by atoms with Gasteiger partial charge in [0.2, 0.25) is 5.88 Å². The number of carbonyl (C=O) groups excluding carboxylic acids is 1. The van der Waals surface area contributed by atoms with Crippen LogP contribution in [0.5, 0.6) is 5.88 Å². The Hall–Kier alpha value is -1.78. The van der Waals surface area contributed by atoms with Crippen LogP contribution < -0.4 is 16.2 Å². The number of aromatic nitrogens is 1. The Kier molecular flexibility index (Phi) is 3.46. The third-order valence-electron chi connectivity index (χ3n) is 3.13. The van der Waals surface area contributed by atoms with Crippen molar-refractivity contribution >= 4 is 11.6 Å². The molecule has 0 aromatic carbocycles. The fourth-order valence-electron chi connectivity index (χ4n) is 1.81. The number of nitrogens with zero attached hydrogens (tertiary/aromatic N) is 1. The zero-order valence-corrected chi connectivity index (χ0v) is 9.69. The molecule has 1 aliphatic rings. The molecule has 0 atom stereocenters. The molecule has 4 N–H and O–H groups in total. The second-order valence-electron chi connectivity index (χ2n) is 4.39. The minimum Gasteiger partial charge on any atom is -0.476 e. The standard InChI is InChI=1S/C12H17N3O2/c13-9-4-5-10(11(14)16)15-12(9)17-7-6-8-2-1-3-8/h4-5,8H,1-3,6-7,13H2,(H2,14,16). The summed E-state index contributed by atoms with van der Waals surface area (Å²) in [7, 11) is 0. The molecule has 0 spiro atoms. The van der Waals surface area contributed by atoms with E-state index in [1.807, 2.05) is 0 Å². The number of nitrogens with two attached hydrogens (primary N) is 2.